The Morgan fingerprint density at radius 2 is 2.17 bits per heavy atom. The Kier molecular flexibility index (Phi) is 4.36. The molecule has 0 unspecified atom stereocenters. The summed E-state index contributed by atoms with van der Waals surface area (Å²) in [7, 11) is 1.70. The van der Waals surface area contributed by atoms with Gasteiger partial charge in [0.25, 0.3) is 0 Å². The lowest BCUT2D eigenvalue weighted by Gasteiger charge is -2.08. The van der Waals surface area contributed by atoms with E-state index in [2.05, 4.69) is 34.1 Å². The lowest BCUT2D eigenvalue weighted by molar-refractivity contribution is 0.408. The Morgan fingerprint density at radius 1 is 1.33 bits per heavy atom. The zero-order valence-corrected chi connectivity index (χ0v) is 10.9. The van der Waals surface area contributed by atoms with Crippen molar-refractivity contribution in [2.45, 2.75) is 20.0 Å². The smallest absolute Gasteiger partial charge is 0.123 e. The Morgan fingerprint density at radius 3 is 2.94 bits per heavy atom. The van der Waals surface area contributed by atoms with E-state index in [0.717, 1.165) is 36.6 Å². The number of nitrogens with one attached hydrogen (secondary N) is 1. The minimum Gasteiger partial charge on any atom is -0.496 e. The lowest BCUT2D eigenvalue weighted by Crippen LogP contribution is -2.11. The van der Waals surface area contributed by atoms with Gasteiger partial charge >= 0.3 is 0 Å². The van der Waals surface area contributed by atoms with Crippen LogP contribution in [0, 0.1) is 0 Å². The summed E-state index contributed by atoms with van der Waals surface area (Å²) in [4.78, 5) is 4.37. The molecule has 0 saturated heterocycles. The molecule has 96 valence electrons. The van der Waals surface area contributed by atoms with Crippen molar-refractivity contribution in [3.8, 4) is 5.75 Å². The minimum absolute atomic E-state index is 0.781. The number of hydrogen-bond acceptors (Lipinski definition) is 3. The maximum atomic E-state index is 5.34. The molecule has 4 heteroatoms. The number of para-hydroxylation sites is 1. The van der Waals surface area contributed by atoms with Crippen LogP contribution in [0.15, 0.2) is 36.8 Å². The van der Waals surface area contributed by atoms with Gasteiger partial charge < -0.3 is 14.6 Å². The van der Waals surface area contributed by atoms with Gasteiger partial charge in [-0.2, -0.15) is 0 Å². The summed E-state index contributed by atoms with van der Waals surface area (Å²) in [6.07, 6.45) is 3.92. The highest BCUT2D eigenvalue weighted by Gasteiger charge is 2.03. The fourth-order valence-electron chi connectivity index (χ4n) is 1.87. The van der Waals surface area contributed by atoms with E-state index >= 15 is 0 Å². The predicted octanol–water partition coefficient (Wildman–Crippen LogP) is 2.05. The standard InChI is InChI=1S/C14H19N3O/c1-3-15-8-13-10-17(11-16-13)9-12-6-4-5-7-14(12)18-2/h4-7,10-11,15H,3,8-9H2,1-2H3. The van der Waals surface area contributed by atoms with Crippen LogP contribution in [0.2, 0.25) is 0 Å². The van der Waals surface area contributed by atoms with E-state index in [4.69, 9.17) is 4.74 Å². The first kappa shape index (κ1) is 12.6. The Labute approximate surface area is 108 Å². The van der Waals surface area contributed by atoms with Crippen molar-refractivity contribution in [1.82, 2.24) is 14.9 Å². The van der Waals surface area contributed by atoms with Crippen LogP contribution in [-0.4, -0.2) is 23.2 Å². The average molecular weight is 245 g/mol. The second-order valence-corrected chi connectivity index (χ2v) is 4.13. The van der Waals surface area contributed by atoms with E-state index in [1.54, 1.807) is 7.11 Å². The normalized spacial score (nSPS) is 10.6. The third-order valence-corrected chi connectivity index (χ3v) is 2.79. The number of benzene rings is 1. The van der Waals surface area contributed by atoms with Gasteiger partial charge in [0.2, 0.25) is 0 Å². The fourth-order valence-corrected chi connectivity index (χ4v) is 1.87. The Balaban J connectivity index is 2.06. The highest BCUT2D eigenvalue weighted by atomic mass is 16.5. The van der Waals surface area contributed by atoms with Gasteiger partial charge in [0.05, 0.1) is 25.7 Å². The number of aromatic nitrogens is 2. The van der Waals surface area contributed by atoms with Crippen molar-refractivity contribution >= 4 is 0 Å². The van der Waals surface area contributed by atoms with Gasteiger partial charge in [0.15, 0.2) is 0 Å². The van der Waals surface area contributed by atoms with Gasteiger partial charge in [-0.15, -0.1) is 0 Å². The molecular weight excluding hydrogens is 226 g/mol. The molecule has 2 rings (SSSR count). The molecule has 0 aliphatic carbocycles. The molecule has 1 aromatic carbocycles. The molecule has 0 fully saturated rings. The Hall–Kier alpha value is -1.81. The number of rotatable bonds is 6. The van der Waals surface area contributed by atoms with Crippen LogP contribution in [0.5, 0.6) is 5.75 Å². The fraction of sp³-hybridized carbons (Fsp3) is 0.357. The number of imidazole rings is 1. The molecule has 1 N–H and O–H groups in total. The number of ether oxygens (including phenoxy) is 1. The summed E-state index contributed by atoms with van der Waals surface area (Å²) >= 11 is 0. The summed E-state index contributed by atoms with van der Waals surface area (Å²) in [5, 5.41) is 3.26. The average Bonchev–Trinajstić information content (AvgIpc) is 2.84. The third kappa shape index (κ3) is 3.11. The molecule has 0 aliphatic rings. The van der Waals surface area contributed by atoms with Crippen LogP contribution in [0.25, 0.3) is 0 Å². The second kappa shape index (κ2) is 6.21. The van der Waals surface area contributed by atoms with E-state index in [9.17, 15) is 0 Å². The predicted molar refractivity (Wildman–Crippen MR) is 71.7 cm³/mol. The quantitative estimate of drug-likeness (QED) is 0.846. The second-order valence-electron chi connectivity index (χ2n) is 4.13. The number of hydrogen-bond donors (Lipinski definition) is 1. The maximum absolute atomic E-state index is 5.34. The van der Waals surface area contributed by atoms with Crippen LogP contribution < -0.4 is 10.1 Å². The molecule has 0 amide bonds. The van der Waals surface area contributed by atoms with Crippen LogP contribution in [0.1, 0.15) is 18.2 Å². The molecule has 1 aromatic heterocycles. The summed E-state index contributed by atoms with van der Waals surface area (Å²) in [5.41, 5.74) is 2.22. The molecule has 2 aromatic rings. The van der Waals surface area contributed by atoms with Gasteiger partial charge in [-0.25, -0.2) is 4.98 Å². The first-order valence-corrected chi connectivity index (χ1v) is 6.16. The van der Waals surface area contributed by atoms with Crippen molar-refractivity contribution in [3.05, 3.63) is 48.0 Å². The van der Waals surface area contributed by atoms with E-state index in [1.165, 1.54) is 0 Å². The summed E-state index contributed by atoms with van der Waals surface area (Å²) in [5.74, 6) is 0.916. The van der Waals surface area contributed by atoms with Crippen LogP contribution in [0.4, 0.5) is 0 Å². The molecule has 0 bridgehead atoms. The number of nitrogens with zero attached hydrogens (tertiary/aromatic N) is 2. The molecule has 4 nitrogen and oxygen atoms in total. The monoisotopic (exact) mass is 245 g/mol. The van der Waals surface area contributed by atoms with E-state index in [0.29, 0.717) is 0 Å². The molecule has 18 heavy (non-hydrogen) atoms. The third-order valence-electron chi connectivity index (χ3n) is 2.79. The minimum atomic E-state index is 0.781. The highest BCUT2D eigenvalue weighted by Crippen LogP contribution is 2.18. The Bertz CT molecular complexity index is 493. The highest BCUT2D eigenvalue weighted by molar-refractivity contribution is 5.33. The van der Waals surface area contributed by atoms with Gasteiger partial charge in [0, 0.05) is 18.3 Å². The molecule has 0 radical (unpaired) electrons. The van der Waals surface area contributed by atoms with Crippen LogP contribution in [0.3, 0.4) is 0 Å². The van der Waals surface area contributed by atoms with Crippen molar-refractivity contribution in [1.29, 1.82) is 0 Å². The maximum Gasteiger partial charge on any atom is 0.123 e. The summed E-state index contributed by atoms with van der Waals surface area (Å²) in [6, 6.07) is 8.05. The SMILES string of the molecule is CCNCc1cn(Cc2ccccc2OC)cn1. The molecule has 0 atom stereocenters. The van der Waals surface area contributed by atoms with E-state index in [-0.39, 0.29) is 0 Å². The molecular formula is C14H19N3O. The van der Waals surface area contributed by atoms with Crippen LogP contribution >= 0.6 is 0 Å². The molecule has 0 spiro atoms. The van der Waals surface area contributed by atoms with Crippen molar-refractivity contribution in [3.63, 3.8) is 0 Å². The first-order chi connectivity index (χ1) is 8.83. The zero-order valence-electron chi connectivity index (χ0n) is 10.9. The van der Waals surface area contributed by atoms with E-state index in [1.807, 2.05) is 24.5 Å². The molecule has 1 heterocycles. The lowest BCUT2D eigenvalue weighted by atomic mass is 10.2. The molecule has 0 saturated carbocycles. The van der Waals surface area contributed by atoms with Crippen LogP contribution in [-0.2, 0) is 13.1 Å². The van der Waals surface area contributed by atoms with Gasteiger partial charge in [-0.05, 0) is 12.6 Å². The molecule has 0 aliphatic heterocycles. The largest absolute Gasteiger partial charge is 0.496 e. The van der Waals surface area contributed by atoms with Gasteiger partial charge in [-0.3, -0.25) is 0 Å². The number of methoxy groups -OCH3 is 1. The van der Waals surface area contributed by atoms with Crippen molar-refractivity contribution < 1.29 is 4.74 Å². The first-order valence-electron chi connectivity index (χ1n) is 6.16. The summed E-state index contributed by atoms with van der Waals surface area (Å²) in [6.45, 7) is 4.64. The topological polar surface area (TPSA) is 39.1 Å². The van der Waals surface area contributed by atoms with Gasteiger partial charge in [-0.1, -0.05) is 25.1 Å². The van der Waals surface area contributed by atoms with Crippen molar-refractivity contribution in [2.24, 2.45) is 0 Å². The van der Waals surface area contributed by atoms with E-state index < -0.39 is 0 Å². The van der Waals surface area contributed by atoms with Gasteiger partial charge in [0.1, 0.15) is 5.75 Å². The van der Waals surface area contributed by atoms with Crippen molar-refractivity contribution in [2.75, 3.05) is 13.7 Å². The zero-order chi connectivity index (χ0) is 12.8. The summed E-state index contributed by atoms with van der Waals surface area (Å²) < 4.78 is 7.42.